The van der Waals surface area contributed by atoms with Crippen molar-refractivity contribution in [3.05, 3.63) is 29.3 Å². The second-order valence-corrected chi connectivity index (χ2v) is 7.80. The lowest BCUT2D eigenvalue weighted by Gasteiger charge is -2.49. The minimum Gasteiger partial charge on any atom is -0.508 e. The summed E-state index contributed by atoms with van der Waals surface area (Å²) in [5, 5.41) is 20.4. The highest BCUT2D eigenvalue weighted by molar-refractivity contribution is 5.40. The summed E-state index contributed by atoms with van der Waals surface area (Å²) in [6.07, 6.45) is 5.08. The van der Waals surface area contributed by atoms with E-state index in [1.165, 1.54) is 17.5 Å². The van der Waals surface area contributed by atoms with Crippen molar-refractivity contribution in [2.24, 2.45) is 17.3 Å². The van der Waals surface area contributed by atoms with Crippen LogP contribution >= 0.6 is 0 Å². The van der Waals surface area contributed by atoms with E-state index in [0.29, 0.717) is 23.5 Å². The maximum absolute atomic E-state index is 10.7. The van der Waals surface area contributed by atoms with Crippen LogP contribution in [0.1, 0.15) is 49.7 Å². The lowest BCUT2D eigenvalue weighted by atomic mass is 9.55. The summed E-state index contributed by atoms with van der Waals surface area (Å²) in [6.45, 7) is 2.27. The van der Waals surface area contributed by atoms with Crippen molar-refractivity contribution in [2.45, 2.75) is 57.2 Å². The highest BCUT2D eigenvalue weighted by atomic mass is 16.5. The van der Waals surface area contributed by atoms with Gasteiger partial charge in [0.2, 0.25) is 0 Å². The standard InChI is InChI=1S/C19H26O3/c1-19-8-7-14-13-6-4-12(20)9-11(13)3-5-15(14)16(19)10-17(22-2)18(19)21/h4,6,9,14-18,20-21H,3,5,7-8,10H2,1-2H3/t14-,15-,16+,17+,18-,19+/m1/s1. The fourth-order valence-corrected chi connectivity index (χ4v) is 5.76. The van der Waals surface area contributed by atoms with Gasteiger partial charge in [-0.15, -0.1) is 0 Å². The van der Waals surface area contributed by atoms with Crippen molar-refractivity contribution in [1.29, 1.82) is 0 Å². The molecule has 6 atom stereocenters. The highest BCUT2D eigenvalue weighted by Gasteiger charge is 2.58. The first kappa shape index (κ1) is 14.5. The number of aryl methyl sites for hydroxylation is 1. The van der Waals surface area contributed by atoms with Gasteiger partial charge in [0.25, 0.3) is 0 Å². The predicted molar refractivity (Wildman–Crippen MR) is 84.9 cm³/mol. The molecule has 2 saturated carbocycles. The van der Waals surface area contributed by atoms with Gasteiger partial charge >= 0.3 is 0 Å². The van der Waals surface area contributed by atoms with E-state index in [2.05, 4.69) is 13.0 Å². The Balaban J connectivity index is 1.69. The Morgan fingerprint density at radius 3 is 2.86 bits per heavy atom. The zero-order valence-electron chi connectivity index (χ0n) is 13.5. The third-order valence-corrected chi connectivity index (χ3v) is 6.96. The summed E-state index contributed by atoms with van der Waals surface area (Å²) < 4.78 is 5.56. The molecule has 0 spiro atoms. The molecule has 3 nitrogen and oxygen atoms in total. The van der Waals surface area contributed by atoms with Gasteiger partial charge in [-0.3, -0.25) is 0 Å². The fourth-order valence-electron chi connectivity index (χ4n) is 5.76. The first-order chi connectivity index (χ1) is 10.5. The number of ether oxygens (including phenoxy) is 1. The van der Waals surface area contributed by atoms with Crippen molar-refractivity contribution in [3.8, 4) is 5.75 Å². The molecular formula is C19H26O3. The van der Waals surface area contributed by atoms with Gasteiger partial charge in [-0.25, -0.2) is 0 Å². The Kier molecular flexibility index (Phi) is 3.28. The van der Waals surface area contributed by atoms with Crippen LogP contribution in [0.4, 0.5) is 0 Å². The zero-order valence-corrected chi connectivity index (χ0v) is 13.5. The number of hydrogen-bond donors (Lipinski definition) is 2. The Hall–Kier alpha value is -1.06. The number of fused-ring (bicyclic) bond motifs is 5. The molecule has 0 saturated heterocycles. The molecule has 1 aromatic rings. The van der Waals surface area contributed by atoms with Gasteiger partial charge in [-0.2, -0.15) is 0 Å². The number of aromatic hydroxyl groups is 1. The van der Waals surface area contributed by atoms with Gasteiger partial charge < -0.3 is 14.9 Å². The third-order valence-electron chi connectivity index (χ3n) is 6.96. The molecule has 0 unspecified atom stereocenters. The van der Waals surface area contributed by atoms with Crippen LogP contribution in [0.3, 0.4) is 0 Å². The van der Waals surface area contributed by atoms with E-state index in [1.54, 1.807) is 7.11 Å². The summed E-state index contributed by atoms with van der Waals surface area (Å²) in [6, 6.07) is 5.90. The van der Waals surface area contributed by atoms with Gasteiger partial charge in [0.05, 0.1) is 12.2 Å². The molecule has 120 valence electrons. The molecule has 0 amide bonds. The molecule has 0 aromatic heterocycles. The average Bonchev–Trinajstić information content (AvgIpc) is 2.78. The first-order valence-corrected chi connectivity index (χ1v) is 8.57. The molecule has 3 aliphatic carbocycles. The maximum Gasteiger partial charge on any atom is 0.115 e. The van der Waals surface area contributed by atoms with Gasteiger partial charge in [-0.05, 0) is 78.5 Å². The molecule has 0 radical (unpaired) electrons. The van der Waals surface area contributed by atoms with Crippen LogP contribution in [-0.4, -0.2) is 29.5 Å². The molecule has 22 heavy (non-hydrogen) atoms. The second kappa shape index (κ2) is 4.97. The quantitative estimate of drug-likeness (QED) is 0.837. The average molecular weight is 302 g/mol. The molecule has 1 aromatic carbocycles. The van der Waals surface area contributed by atoms with Crippen LogP contribution in [0.5, 0.6) is 5.75 Å². The van der Waals surface area contributed by atoms with Crippen LogP contribution in [-0.2, 0) is 11.2 Å². The van der Waals surface area contributed by atoms with Gasteiger partial charge in [0.15, 0.2) is 0 Å². The Bertz CT molecular complexity index is 584. The highest BCUT2D eigenvalue weighted by Crippen LogP contribution is 2.61. The van der Waals surface area contributed by atoms with E-state index in [4.69, 9.17) is 4.74 Å². The second-order valence-electron chi connectivity index (χ2n) is 7.80. The zero-order chi connectivity index (χ0) is 15.5. The van der Waals surface area contributed by atoms with E-state index in [9.17, 15) is 10.2 Å². The summed E-state index contributed by atoms with van der Waals surface area (Å²) in [4.78, 5) is 0. The molecule has 2 N–H and O–H groups in total. The largest absolute Gasteiger partial charge is 0.508 e. The fraction of sp³-hybridized carbons (Fsp3) is 0.684. The minimum atomic E-state index is -0.329. The monoisotopic (exact) mass is 302 g/mol. The number of aliphatic hydroxyl groups is 1. The van der Waals surface area contributed by atoms with Gasteiger partial charge in [0.1, 0.15) is 5.75 Å². The SMILES string of the molecule is CO[C@H]1C[C@H]2[C@@H]3CCc4cc(O)ccc4[C@H]3CC[C@]2(C)[C@@H]1O. The Morgan fingerprint density at radius 1 is 1.27 bits per heavy atom. The predicted octanol–water partition coefficient (Wildman–Crippen LogP) is 3.23. The summed E-state index contributed by atoms with van der Waals surface area (Å²) in [7, 11) is 1.73. The lowest BCUT2D eigenvalue weighted by Crippen LogP contribution is -2.45. The van der Waals surface area contributed by atoms with Gasteiger partial charge in [0, 0.05) is 7.11 Å². The van der Waals surface area contributed by atoms with E-state index < -0.39 is 0 Å². The van der Waals surface area contributed by atoms with Crippen molar-refractivity contribution in [3.63, 3.8) is 0 Å². The van der Waals surface area contributed by atoms with Crippen LogP contribution in [0, 0.1) is 17.3 Å². The minimum absolute atomic E-state index is 0.00466. The van der Waals surface area contributed by atoms with Gasteiger partial charge in [-0.1, -0.05) is 13.0 Å². The van der Waals surface area contributed by atoms with Crippen LogP contribution in [0.25, 0.3) is 0 Å². The molecule has 4 rings (SSSR count). The summed E-state index contributed by atoms with van der Waals surface area (Å²) in [5.41, 5.74) is 2.77. The molecule has 3 aliphatic rings. The summed E-state index contributed by atoms with van der Waals surface area (Å²) in [5.74, 6) is 2.16. The van der Waals surface area contributed by atoms with Crippen LogP contribution in [0.15, 0.2) is 18.2 Å². The molecule has 0 aliphatic heterocycles. The Labute approximate surface area is 132 Å². The Morgan fingerprint density at radius 2 is 2.09 bits per heavy atom. The van der Waals surface area contributed by atoms with Crippen LogP contribution < -0.4 is 0 Å². The number of rotatable bonds is 1. The van der Waals surface area contributed by atoms with E-state index in [1.807, 2.05) is 12.1 Å². The molecule has 2 fully saturated rings. The lowest BCUT2D eigenvalue weighted by molar-refractivity contribution is -0.0607. The van der Waals surface area contributed by atoms with Crippen molar-refractivity contribution >= 4 is 0 Å². The topological polar surface area (TPSA) is 49.7 Å². The number of phenolic OH excluding ortho intramolecular Hbond substituents is 1. The molecule has 0 heterocycles. The van der Waals surface area contributed by atoms with E-state index in [-0.39, 0.29) is 17.6 Å². The van der Waals surface area contributed by atoms with Crippen LogP contribution in [0.2, 0.25) is 0 Å². The van der Waals surface area contributed by atoms with E-state index >= 15 is 0 Å². The smallest absolute Gasteiger partial charge is 0.115 e. The molecule has 0 bridgehead atoms. The molecular weight excluding hydrogens is 276 g/mol. The normalized spacial score (nSPS) is 43.3. The number of methoxy groups -OCH3 is 1. The number of phenols is 1. The number of aliphatic hydroxyl groups excluding tert-OH is 1. The third kappa shape index (κ3) is 1.88. The summed E-state index contributed by atoms with van der Waals surface area (Å²) >= 11 is 0. The van der Waals surface area contributed by atoms with Crippen molar-refractivity contribution in [1.82, 2.24) is 0 Å². The number of benzene rings is 1. The van der Waals surface area contributed by atoms with Crippen molar-refractivity contribution in [2.75, 3.05) is 7.11 Å². The number of hydrogen-bond acceptors (Lipinski definition) is 3. The molecule has 3 heteroatoms. The van der Waals surface area contributed by atoms with Crippen molar-refractivity contribution < 1.29 is 14.9 Å². The maximum atomic E-state index is 10.7. The van der Waals surface area contributed by atoms with E-state index in [0.717, 1.165) is 25.7 Å². The first-order valence-electron chi connectivity index (χ1n) is 8.57.